The Morgan fingerprint density at radius 2 is 0.672 bits per heavy atom. The predicted octanol–water partition coefficient (Wildman–Crippen LogP) is 1.99. The van der Waals surface area contributed by atoms with Crippen LogP contribution in [0.1, 0.15) is 63.5 Å². The predicted molar refractivity (Wildman–Crippen MR) is 209 cm³/mol. The van der Waals surface area contributed by atoms with Crippen molar-refractivity contribution >= 4 is 29.8 Å². The maximum absolute atomic E-state index is 14.1. The molecule has 0 aliphatic carbocycles. The Hall–Kier alpha value is -9.59. The first-order valence-corrected chi connectivity index (χ1v) is 18.3. The smallest absolute Gasteiger partial charge is 0.340 e. The Balaban J connectivity index is 1.65. The molecule has 6 rings (SSSR count). The monoisotopic (exact) mass is 940 g/mol. The van der Waals surface area contributed by atoms with Crippen molar-refractivity contribution in [1.29, 1.82) is 0 Å². The molecule has 0 spiro atoms. The lowest BCUT2D eigenvalue weighted by atomic mass is 9.89. The average molecular weight is 941 g/mol. The molecule has 1 heterocycles. The first-order valence-electron chi connectivity index (χ1n) is 18.3. The van der Waals surface area contributed by atoms with Gasteiger partial charge in [0.15, 0.2) is 92.7 Å². The van der Waals surface area contributed by atoms with E-state index in [4.69, 9.17) is 28.4 Å². The number of rotatable bonds is 10. The van der Waals surface area contributed by atoms with E-state index in [2.05, 4.69) is 0 Å². The maximum atomic E-state index is 14.1. The highest BCUT2D eigenvalue weighted by molar-refractivity contribution is 5.95. The van der Waals surface area contributed by atoms with Gasteiger partial charge in [-0.1, -0.05) is 0 Å². The lowest BCUT2D eigenvalue weighted by Gasteiger charge is -2.44. The number of hydrogen-bond donors (Lipinski definition) is 15. The van der Waals surface area contributed by atoms with E-state index in [0.717, 1.165) is 7.11 Å². The van der Waals surface area contributed by atoms with Crippen LogP contribution in [0.4, 0.5) is 0 Å². The third-order valence-corrected chi connectivity index (χ3v) is 9.65. The van der Waals surface area contributed by atoms with Crippen LogP contribution in [0.2, 0.25) is 0 Å². The van der Waals surface area contributed by atoms with Gasteiger partial charge in [-0.05, 0) is 54.6 Å². The summed E-state index contributed by atoms with van der Waals surface area (Å²) < 4.78 is 32.9. The lowest BCUT2D eigenvalue weighted by Crippen LogP contribution is -2.59. The first-order chi connectivity index (χ1) is 31.4. The van der Waals surface area contributed by atoms with Crippen molar-refractivity contribution in [1.82, 2.24) is 0 Å². The number of ether oxygens (including phenoxy) is 6. The Morgan fingerprint density at radius 3 is 1.01 bits per heavy atom. The summed E-state index contributed by atoms with van der Waals surface area (Å²) in [5, 5.41) is 154. The summed E-state index contributed by atoms with van der Waals surface area (Å²) in [6, 6.07) is 4.56. The number of carbonyl (C=O) groups excluding carboxylic acids is 5. The topological polar surface area (TPSA) is 444 Å². The molecule has 1 fully saturated rings. The Bertz CT molecular complexity index is 2780. The number of carbonyl (C=O) groups is 5. The molecule has 5 aromatic rings. The van der Waals surface area contributed by atoms with Crippen molar-refractivity contribution in [2.45, 2.75) is 30.7 Å². The van der Waals surface area contributed by atoms with Crippen LogP contribution in [0, 0.1) is 0 Å². The molecule has 26 nitrogen and oxygen atoms in total. The van der Waals surface area contributed by atoms with Gasteiger partial charge in [0, 0.05) is 5.56 Å². The van der Waals surface area contributed by atoms with Gasteiger partial charge in [0.05, 0.1) is 34.9 Å². The van der Waals surface area contributed by atoms with E-state index < -0.39 is 180 Å². The summed E-state index contributed by atoms with van der Waals surface area (Å²) in [4.78, 5) is 69.0. The third kappa shape index (κ3) is 8.97. The van der Waals surface area contributed by atoms with E-state index in [9.17, 15) is 101 Å². The zero-order valence-electron chi connectivity index (χ0n) is 33.3. The van der Waals surface area contributed by atoms with Gasteiger partial charge >= 0.3 is 29.8 Å². The quantitative estimate of drug-likeness (QED) is 0.0540. The van der Waals surface area contributed by atoms with Crippen molar-refractivity contribution in [2.24, 2.45) is 0 Å². The number of aromatic hydroxyl groups is 15. The van der Waals surface area contributed by atoms with Gasteiger partial charge in [0.1, 0.15) is 6.10 Å². The molecule has 5 unspecified atom stereocenters. The summed E-state index contributed by atoms with van der Waals surface area (Å²) >= 11 is 0. The molecule has 1 aliphatic heterocycles. The molecule has 0 aromatic heterocycles. The number of esters is 5. The van der Waals surface area contributed by atoms with Gasteiger partial charge in [-0.2, -0.15) is 0 Å². The second kappa shape index (κ2) is 17.9. The molecule has 0 bridgehead atoms. The van der Waals surface area contributed by atoms with Gasteiger partial charge in [-0.3, -0.25) is 0 Å². The zero-order valence-corrected chi connectivity index (χ0v) is 33.3. The normalized spacial score (nSPS) is 17.7. The van der Waals surface area contributed by atoms with Crippen molar-refractivity contribution in [2.75, 3.05) is 7.11 Å². The van der Waals surface area contributed by atoms with Crippen molar-refractivity contribution < 1.29 is 129 Å². The minimum atomic E-state index is -2.73. The molecule has 352 valence electrons. The summed E-state index contributed by atoms with van der Waals surface area (Å²) in [6.07, 6.45) is -13.3. The number of methoxy groups -OCH3 is 1. The second-order valence-corrected chi connectivity index (χ2v) is 13.9. The molecule has 5 atom stereocenters. The highest BCUT2D eigenvalue weighted by atomic mass is 16.7. The number of benzene rings is 5. The number of hydrogen-bond acceptors (Lipinski definition) is 26. The van der Waals surface area contributed by atoms with E-state index >= 15 is 0 Å². The van der Waals surface area contributed by atoms with Gasteiger partial charge in [-0.15, -0.1) is 0 Å². The van der Waals surface area contributed by atoms with E-state index in [-0.39, 0.29) is 0 Å². The molecule has 0 saturated carbocycles. The molecular formula is C41H32O26. The van der Waals surface area contributed by atoms with Crippen LogP contribution >= 0.6 is 0 Å². The molecule has 1 saturated heterocycles. The minimum Gasteiger partial charge on any atom is -0.504 e. The second-order valence-electron chi connectivity index (χ2n) is 13.9. The van der Waals surface area contributed by atoms with Crippen LogP contribution in [0.5, 0.6) is 86.2 Å². The zero-order chi connectivity index (χ0) is 49.5. The summed E-state index contributed by atoms with van der Waals surface area (Å²) in [7, 11) is 0.782. The van der Waals surface area contributed by atoms with Crippen molar-refractivity contribution in [3.63, 3.8) is 0 Å². The molecule has 26 heteroatoms. The molecule has 15 N–H and O–H groups in total. The third-order valence-electron chi connectivity index (χ3n) is 9.65. The Labute approximate surface area is 370 Å². The highest BCUT2D eigenvalue weighted by Gasteiger charge is 2.56. The van der Waals surface area contributed by atoms with E-state index in [1.54, 1.807) is 0 Å². The lowest BCUT2D eigenvalue weighted by molar-refractivity contribution is -0.281. The average Bonchev–Trinajstić information content (AvgIpc) is 3.27. The van der Waals surface area contributed by atoms with E-state index in [0.29, 0.717) is 54.6 Å². The Morgan fingerprint density at radius 1 is 0.373 bits per heavy atom. The SMILES string of the molecule is COC(=O)c1cc(O)c(O)c(O)c1C1OC(OC(=O)c2cc(O)c(O)c(O)c2)C(OC(=O)c2cc(O)c(O)c(O)c2)C(OC(=O)c2cc(O)c(O)c(O)c2)C1OC(=O)c1cc(O)c(O)c(O)c1. The minimum absolute atomic E-state index is 0.469. The fourth-order valence-corrected chi connectivity index (χ4v) is 6.39. The van der Waals surface area contributed by atoms with Crippen LogP contribution in [-0.4, -0.2) is 138 Å². The Kier molecular flexibility index (Phi) is 12.5. The van der Waals surface area contributed by atoms with Crippen LogP contribution < -0.4 is 0 Å². The number of phenols is 15. The molecule has 0 amide bonds. The van der Waals surface area contributed by atoms with Gasteiger partial charge in [-0.25, -0.2) is 24.0 Å². The van der Waals surface area contributed by atoms with Crippen molar-refractivity contribution in [3.05, 3.63) is 88.0 Å². The van der Waals surface area contributed by atoms with Gasteiger partial charge in [0.2, 0.25) is 18.1 Å². The van der Waals surface area contributed by atoms with Crippen molar-refractivity contribution in [3.8, 4) is 86.2 Å². The summed E-state index contributed by atoms with van der Waals surface area (Å²) in [6.45, 7) is 0. The van der Waals surface area contributed by atoms with Gasteiger partial charge in [0.25, 0.3) is 0 Å². The summed E-state index contributed by atoms with van der Waals surface area (Å²) in [5.74, 6) is -26.2. The van der Waals surface area contributed by atoms with E-state index in [1.165, 1.54) is 0 Å². The maximum Gasteiger partial charge on any atom is 0.340 e. The van der Waals surface area contributed by atoms with Crippen LogP contribution in [-0.2, 0) is 28.4 Å². The molecule has 67 heavy (non-hydrogen) atoms. The van der Waals surface area contributed by atoms with Gasteiger partial charge < -0.3 is 105 Å². The van der Waals surface area contributed by atoms with Crippen LogP contribution in [0.3, 0.4) is 0 Å². The van der Waals surface area contributed by atoms with Crippen LogP contribution in [0.25, 0.3) is 0 Å². The molecule has 1 aliphatic rings. The molecular weight excluding hydrogens is 908 g/mol. The number of phenolic OH excluding ortho intramolecular Hbond substituents is 15. The fourth-order valence-electron chi connectivity index (χ4n) is 6.39. The first kappa shape index (κ1) is 46.9. The fraction of sp³-hybridized carbons (Fsp3) is 0.146. The largest absolute Gasteiger partial charge is 0.504 e. The highest BCUT2D eigenvalue weighted by Crippen LogP contribution is 2.49. The molecule has 5 aromatic carbocycles. The van der Waals surface area contributed by atoms with E-state index in [1.807, 2.05) is 0 Å². The standard InChI is InChI=1S/C41H32O26/c1-62-40(61)15-10-24(50)30(55)31(56)25(15)32-33(63-36(57)11-2-16(42)26(51)17(43)3-11)34(64-37(58)12-4-18(44)27(52)19(45)5-12)35(65-38(59)13-6-20(46)28(53)21(47)7-13)41(66-32)67-39(60)14-8-22(48)29(54)23(49)9-14/h2-10,32-35,41-56H,1H3. The molecule has 0 radical (unpaired) electrons. The summed E-state index contributed by atoms with van der Waals surface area (Å²) in [5.41, 5.74) is -5.49. The van der Waals surface area contributed by atoms with Crippen LogP contribution in [0.15, 0.2) is 54.6 Å².